The van der Waals surface area contributed by atoms with E-state index in [1.807, 2.05) is 0 Å². The van der Waals surface area contributed by atoms with E-state index in [1.54, 1.807) is 0 Å². The monoisotopic (exact) mass is 246 g/mol. The molecule has 0 saturated carbocycles. The molecule has 2 nitrogen and oxygen atoms in total. The smallest absolute Gasteiger partial charge is 0.00218 e. The molecule has 0 aromatic heterocycles. The van der Waals surface area contributed by atoms with Crippen molar-refractivity contribution in [2.45, 2.75) is 25.7 Å². The van der Waals surface area contributed by atoms with Crippen molar-refractivity contribution in [3.8, 4) is 0 Å². The first kappa shape index (κ1) is 13.6. The first-order valence-electron chi connectivity index (χ1n) is 7.29. The Morgan fingerprint density at radius 3 is 2.56 bits per heavy atom. The molecule has 1 aliphatic heterocycles. The van der Waals surface area contributed by atoms with Crippen LogP contribution in [-0.2, 0) is 6.42 Å². The lowest BCUT2D eigenvalue weighted by atomic mass is 9.93. The molecule has 0 spiro atoms. The number of nitrogens with one attached hydrogen (secondary N) is 1. The third-order valence-corrected chi connectivity index (χ3v) is 4.07. The molecule has 1 aliphatic rings. The lowest BCUT2D eigenvalue weighted by molar-refractivity contribution is 0.181. The molecule has 1 saturated heterocycles. The van der Waals surface area contributed by atoms with Gasteiger partial charge in [-0.2, -0.15) is 0 Å². The lowest BCUT2D eigenvalue weighted by Gasteiger charge is -2.32. The molecule has 1 aromatic rings. The highest BCUT2D eigenvalue weighted by Crippen LogP contribution is 2.20. The van der Waals surface area contributed by atoms with E-state index in [9.17, 15) is 0 Å². The molecule has 2 heteroatoms. The van der Waals surface area contributed by atoms with Crippen molar-refractivity contribution in [2.75, 3.05) is 33.2 Å². The molecule has 18 heavy (non-hydrogen) atoms. The van der Waals surface area contributed by atoms with Crippen molar-refractivity contribution >= 4 is 0 Å². The minimum atomic E-state index is 0.949. The van der Waals surface area contributed by atoms with Crippen molar-refractivity contribution in [2.24, 2.45) is 5.92 Å². The maximum atomic E-state index is 3.26. The van der Waals surface area contributed by atoms with Crippen LogP contribution in [0.3, 0.4) is 0 Å². The molecule has 0 radical (unpaired) electrons. The molecular formula is C16H26N2. The summed E-state index contributed by atoms with van der Waals surface area (Å²) in [6.07, 6.45) is 5.32. The number of benzene rings is 1. The van der Waals surface area contributed by atoms with Gasteiger partial charge in [0.05, 0.1) is 0 Å². The van der Waals surface area contributed by atoms with Gasteiger partial charge in [-0.1, -0.05) is 30.3 Å². The summed E-state index contributed by atoms with van der Waals surface area (Å²) in [5.74, 6) is 0.949. The van der Waals surface area contributed by atoms with Crippen LogP contribution in [0.25, 0.3) is 0 Å². The molecule has 0 bridgehead atoms. The Morgan fingerprint density at radius 1 is 1.17 bits per heavy atom. The van der Waals surface area contributed by atoms with Gasteiger partial charge >= 0.3 is 0 Å². The first-order valence-corrected chi connectivity index (χ1v) is 7.29. The minimum absolute atomic E-state index is 0.949. The quantitative estimate of drug-likeness (QED) is 0.830. The van der Waals surface area contributed by atoms with Crippen LogP contribution in [0.5, 0.6) is 0 Å². The Bertz CT molecular complexity index is 315. The molecule has 1 aromatic carbocycles. The van der Waals surface area contributed by atoms with Crippen LogP contribution in [0.15, 0.2) is 30.3 Å². The van der Waals surface area contributed by atoms with Crippen LogP contribution < -0.4 is 5.32 Å². The zero-order valence-corrected chi connectivity index (χ0v) is 11.6. The van der Waals surface area contributed by atoms with Crippen LogP contribution in [0.1, 0.15) is 24.8 Å². The van der Waals surface area contributed by atoms with Gasteiger partial charge in [0.1, 0.15) is 0 Å². The van der Waals surface area contributed by atoms with E-state index < -0.39 is 0 Å². The van der Waals surface area contributed by atoms with Gasteiger partial charge in [0, 0.05) is 6.54 Å². The second-order valence-electron chi connectivity index (χ2n) is 5.41. The Hall–Kier alpha value is -0.860. The topological polar surface area (TPSA) is 15.3 Å². The van der Waals surface area contributed by atoms with Crippen LogP contribution >= 0.6 is 0 Å². The third-order valence-electron chi connectivity index (χ3n) is 4.07. The summed E-state index contributed by atoms with van der Waals surface area (Å²) >= 11 is 0. The van der Waals surface area contributed by atoms with Gasteiger partial charge in [0.25, 0.3) is 0 Å². The Balaban J connectivity index is 1.65. The van der Waals surface area contributed by atoms with Crippen molar-refractivity contribution in [1.82, 2.24) is 10.2 Å². The second kappa shape index (κ2) is 7.55. The van der Waals surface area contributed by atoms with Gasteiger partial charge in [-0.25, -0.2) is 0 Å². The van der Waals surface area contributed by atoms with E-state index >= 15 is 0 Å². The average Bonchev–Trinajstić information content (AvgIpc) is 2.45. The molecule has 1 N–H and O–H groups in total. The molecule has 0 aliphatic carbocycles. The number of piperidine rings is 1. The maximum Gasteiger partial charge on any atom is 0.00218 e. The SMILES string of the molecule is CNCCC1CCN(CCc2ccccc2)CC1. The Kier molecular flexibility index (Phi) is 5.69. The van der Waals surface area contributed by atoms with Crippen LogP contribution in [0.4, 0.5) is 0 Å². The van der Waals surface area contributed by atoms with Gasteiger partial charge in [-0.15, -0.1) is 0 Å². The summed E-state index contributed by atoms with van der Waals surface area (Å²) in [5.41, 5.74) is 1.47. The average molecular weight is 246 g/mol. The standard InChI is InChI=1S/C16H26N2/c1-17-11-7-16-9-13-18(14-10-16)12-8-15-5-3-2-4-6-15/h2-6,16-17H,7-14H2,1H3. The van der Waals surface area contributed by atoms with Gasteiger partial charge in [-0.3, -0.25) is 0 Å². The fourth-order valence-electron chi connectivity index (χ4n) is 2.78. The Labute approximate surface area is 111 Å². The van der Waals surface area contributed by atoms with E-state index in [-0.39, 0.29) is 0 Å². The summed E-state index contributed by atoms with van der Waals surface area (Å²) in [6, 6.07) is 10.8. The number of hydrogen-bond acceptors (Lipinski definition) is 2. The highest BCUT2D eigenvalue weighted by molar-refractivity contribution is 5.14. The Morgan fingerprint density at radius 2 is 1.89 bits per heavy atom. The predicted octanol–water partition coefficient (Wildman–Crippen LogP) is 2.55. The number of likely N-dealkylation sites (tertiary alicyclic amines) is 1. The van der Waals surface area contributed by atoms with E-state index in [0.717, 1.165) is 5.92 Å². The normalized spacial score (nSPS) is 18.1. The maximum absolute atomic E-state index is 3.26. The molecule has 100 valence electrons. The minimum Gasteiger partial charge on any atom is -0.320 e. The molecule has 0 unspecified atom stereocenters. The highest BCUT2D eigenvalue weighted by Gasteiger charge is 2.18. The number of hydrogen-bond donors (Lipinski definition) is 1. The zero-order chi connectivity index (χ0) is 12.6. The number of nitrogens with zero attached hydrogens (tertiary/aromatic N) is 1. The summed E-state index contributed by atoms with van der Waals surface area (Å²) in [4.78, 5) is 2.63. The van der Waals surface area contributed by atoms with E-state index in [4.69, 9.17) is 0 Å². The molecular weight excluding hydrogens is 220 g/mol. The van der Waals surface area contributed by atoms with E-state index in [1.165, 1.54) is 57.4 Å². The molecule has 1 heterocycles. The van der Waals surface area contributed by atoms with Crippen molar-refractivity contribution < 1.29 is 0 Å². The van der Waals surface area contributed by atoms with Gasteiger partial charge < -0.3 is 10.2 Å². The number of rotatable bonds is 6. The summed E-state index contributed by atoms with van der Waals surface area (Å²) in [7, 11) is 2.05. The highest BCUT2D eigenvalue weighted by atomic mass is 15.1. The molecule has 0 atom stereocenters. The molecule has 0 amide bonds. The lowest BCUT2D eigenvalue weighted by Crippen LogP contribution is -2.35. The van der Waals surface area contributed by atoms with Crippen LogP contribution in [-0.4, -0.2) is 38.1 Å². The summed E-state index contributed by atoms with van der Waals surface area (Å²) in [6.45, 7) is 4.99. The molecule has 2 rings (SSSR count). The van der Waals surface area contributed by atoms with Crippen molar-refractivity contribution in [3.63, 3.8) is 0 Å². The first-order chi connectivity index (χ1) is 8.88. The van der Waals surface area contributed by atoms with Crippen molar-refractivity contribution in [1.29, 1.82) is 0 Å². The van der Waals surface area contributed by atoms with Crippen LogP contribution in [0, 0.1) is 5.92 Å². The van der Waals surface area contributed by atoms with Gasteiger partial charge in [0.2, 0.25) is 0 Å². The van der Waals surface area contributed by atoms with E-state index in [0.29, 0.717) is 0 Å². The fourth-order valence-corrected chi connectivity index (χ4v) is 2.78. The largest absolute Gasteiger partial charge is 0.320 e. The van der Waals surface area contributed by atoms with Gasteiger partial charge in [0.15, 0.2) is 0 Å². The summed E-state index contributed by atoms with van der Waals surface area (Å²) < 4.78 is 0. The zero-order valence-electron chi connectivity index (χ0n) is 11.6. The second-order valence-corrected chi connectivity index (χ2v) is 5.41. The summed E-state index contributed by atoms with van der Waals surface area (Å²) in [5, 5.41) is 3.26. The van der Waals surface area contributed by atoms with E-state index in [2.05, 4.69) is 47.6 Å². The van der Waals surface area contributed by atoms with Crippen molar-refractivity contribution in [3.05, 3.63) is 35.9 Å². The third kappa shape index (κ3) is 4.43. The molecule has 1 fully saturated rings. The van der Waals surface area contributed by atoms with Crippen LogP contribution in [0.2, 0.25) is 0 Å². The fraction of sp³-hybridized carbons (Fsp3) is 0.625. The van der Waals surface area contributed by atoms with Gasteiger partial charge in [-0.05, 0) is 63.8 Å². The predicted molar refractivity (Wildman–Crippen MR) is 77.9 cm³/mol.